The first-order valence-electron chi connectivity index (χ1n) is 5.88. The predicted molar refractivity (Wildman–Crippen MR) is 73.2 cm³/mol. The van der Waals surface area contributed by atoms with Crippen molar-refractivity contribution in [2.75, 3.05) is 20.6 Å². The molecule has 0 spiro atoms. The van der Waals surface area contributed by atoms with Crippen LogP contribution in [0.1, 0.15) is 18.5 Å². The molecule has 1 unspecified atom stereocenters. The van der Waals surface area contributed by atoms with E-state index in [2.05, 4.69) is 15.4 Å². The maximum absolute atomic E-state index is 12.0. The van der Waals surface area contributed by atoms with Crippen molar-refractivity contribution in [3.05, 3.63) is 29.8 Å². The lowest BCUT2D eigenvalue weighted by atomic mass is 10.1. The van der Waals surface area contributed by atoms with E-state index in [1.807, 2.05) is 13.0 Å². The lowest BCUT2D eigenvalue weighted by Gasteiger charge is -2.12. The zero-order chi connectivity index (χ0) is 14.5. The quantitative estimate of drug-likeness (QED) is 0.686. The molecule has 0 aliphatic rings. The molecule has 1 aromatic rings. The maximum atomic E-state index is 12.0. The third kappa shape index (κ3) is 4.30. The average Bonchev–Trinajstić information content (AvgIpc) is 2.44. The molecular formula is C12H19N3O3S. The smallest absolute Gasteiger partial charge is 0.241 e. The molecule has 3 N–H and O–H groups in total. The molecule has 0 aliphatic heterocycles. The molecule has 1 atom stereocenters. The van der Waals surface area contributed by atoms with Crippen molar-refractivity contribution in [1.82, 2.24) is 15.4 Å². The van der Waals surface area contributed by atoms with Gasteiger partial charge in [0.15, 0.2) is 0 Å². The Morgan fingerprint density at radius 2 is 2.00 bits per heavy atom. The van der Waals surface area contributed by atoms with Gasteiger partial charge in [0.1, 0.15) is 0 Å². The minimum Gasteiger partial charge on any atom is -0.358 e. The summed E-state index contributed by atoms with van der Waals surface area (Å²) in [5.41, 5.74) is 0.866. The maximum Gasteiger partial charge on any atom is 0.241 e. The van der Waals surface area contributed by atoms with Gasteiger partial charge in [0.05, 0.1) is 11.4 Å². The van der Waals surface area contributed by atoms with Gasteiger partial charge < -0.3 is 10.6 Å². The minimum absolute atomic E-state index is 0.0501. The Bertz CT molecular complexity index is 543. The summed E-state index contributed by atoms with van der Waals surface area (Å²) < 4.78 is 26.3. The standard InChI is InChI=1S/C12H19N3O3S/c1-9(13-2)10-5-4-6-11(7-10)19(17,18)15-8-12(16)14-3/h4-7,9,13,15H,8H2,1-3H3,(H,14,16). The van der Waals surface area contributed by atoms with Gasteiger partial charge in [0.2, 0.25) is 15.9 Å². The number of carbonyl (C=O) groups is 1. The van der Waals surface area contributed by atoms with E-state index < -0.39 is 10.0 Å². The van der Waals surface area contributed by atoms with Gasteiger partial charge >= 0.3 is 0 Å². The number of sulfonamides is 1. The molecule has 1 amide bonds. The highest BCUT2D eigenvalue weighted by molar-refractivity contribution is 7.89. The van der Waals surface area contributed by atoms with Crippen LogP contribution in [0.15, 0.2) is 29.2 Å². The summed E-state index contributed by atoms with van der Waals surface area (Å²) in [5.74, 6) is -0.386. The number of hydrogen-bond donors (Lipinski definition) is 3. The summed E-state index contributed by atoms with van der Waals surface area (Å²) in [5, 5.41) is 5.39. The predicted octanol–water partition coefficient (Wildman–Crippen LogP) is -0.00870. The largest absolute Gasteiger partial charge is 0.358 e. The molecular weight excluding hydrogens is 266 g/mol. The Hall–Kier alpha value is -1.44. The third-order valence-corrected chi connectivity index (χ3v) is 4.20. The summed E-state index contributed by atoms with van der Waals surface area (Å²) in [6.07, 6.45) is 0. The van der Waals surface area contributed by atoms with Crippen LogP contribution >= 0.6 is 0 Å². The van der Waals surface area contributed by atoms with Crippen molar-refractivity contribution < 1.29 is 13.2 Å². The molecule has 106 valence electrons. The first-order chi connectivity index (χ1) is 8.90. The first-order valence-corrected chi connectivity index (χ1v) is 7.36. The highest BCUT2D eigenvalue weighted by atomic mass is 32.2. The summed E-state index contributed by atoms with van der Waals surface area (Å²) in [7, 11) is -0.417. The van der Waals surface area contributed by atoms with Crippen LogP contribution in [0.25, 0.3) is 0 Å². The molecule has 19 heavy (non-hydrogen) atoms. The van der Waals surface area contributed by atoms with Crippen LogP contribution in [0, 0.1) is 0 Å². The zero-order valence-electron chi connectivity index (χ0n) is 11.2. The second-order valence-electron chi connectivity index (χ2n) is 4.08. The topological polar surface area (TPSA) is 87.3 Å². The number of rotatable bonds is 6. The average molecular weight is 285 g/mol. The summed E-state index contributed by atoms with van der Waals surface area (Å²) in [6, 6.07) is 6.66. The van der Waals surface area contributed by atoms with Crippen LogP contribution in [0.3, 0.4) is 0 Å². The number of likely N-dealkylation sites (N-methyl/N-ethyl adjacent to an activating group) is 1. The van der Waals surface area contributed by atoms with E-state index in [9.17, 15) is 13.2 Å². The summed E-state index contributed by atoms with van der Waals surface area (Å²) in [6.45, 7) is 1.66. The third-order valence-electron chi connectivity index (χ3n) is 2.80. The summed E-state index contributed by atoms with van der Waals surface area (Å²) in [4.78, 5) is 11.2. The van der Waals surface area contributed by atoms with E-state index >= 15 is 0 Å². The highest BCUT2D eigenvalue weighted by Crippen LogP contribution is 2.16. The van der Waals surface area contributed by atoms with Crippen LogP contribution in [0.2, 0.25) is 0 Å². The number of carbonyl (C=O) groups excluding carboxylic acids is 1. The lowest BCUT2D eigenvalue weighted by molar-refractivity contribution is -0.119. The molecule has 0 heterocycles. The molecule has 1 rings (SSSR count). The Labute approximate surface area is 113 Å². The molecule has 1 aromatic carbocycles. The fourth-order valence-electron chi connectivity index (χ4n) is 1.45. The molecule has 0 radical (unpaired) electrons. The van der Waals surface area contributed by atoms with Crippen molar-refractivity contribution >= 4 is 15.9 Å². The fourth-order valence-corrected chi connectivity index (χ4v) is 2.49. The Kier molecular flexibility index (Phi) is 5.46. The Morgan fingerprint density at radius 1 is 1.32 bits per heavy atom. The molecule has 0 aliphatic carbocycles. The van der Waals surface area contributed by atoms with Gasteiger partial charge in [-0.25, -0.2) is 13.1 Å². The first kappa shape index (κ1) is 15.6. The van der Waals surface area contributed by atoms with E-state index in [0.717, 1.165) is 5.56 Å². The Balaban J connectivity index is 2.92. The number of nitrogens with one attached hydrogen (secondary N) is 3. The minimum atomic E-state index is -3.67. The SMILES string of the molecule is CNC(=O)CNS(=O)(=O)c1cccc(C(C)NC)c1. The normalized spacial score (nSPS) is 13.0. The van der Waals surface area contributed by atoms with Gasteiger partial charge in [-0.3, -0.25) is 4.79 Å². The van der Waals surface area contributed by atoms with Gasteiger partial charge in [-0.2, -0.15) is 0 Å². The number of hydrogen-bond acceptors (Lipinski definition) is 4. The van der Waals surface area contributed by atoms with E-state index in [0.29, 0.717) is 0 Å². The second kappa shape index (κ2) is 6.65. The number of amides is 1. The summed E-state index contributed by atoms with van der Waals surface area (Å²) >= 11 is 0. The second-order valence-corrected chi connectivity index (χ2v) is 5.85. The molecule has 0 saturated heterocycles. The van der Waals surface area contributed by atoms with Crippen molar-refractivity contribution in [2.24, 2.45) is 0 Å². The van der Waals surface area contributed by atoms with Crippen molar-refractivity contribution in [3.8, 4) is 0 Å². The van der Waals surface area contributed by atoms with E-state index in [1.165, 1.54) is 13.1 Å². The number of benzene rings is 1. The van der Waals surface area contributed by atoms with Crippen molar-refractivity contribution in [1.29, 1.82) is 0 Å². The molecule has 0 bridgehead atoms. The van der Waals surface area contributed by atoms with Crippen LogP contribution in [-0.4, -0.2) is 35.0 Å². The monoisotopic (exact) mass is 285 g/mol. The lowest BCUT2D eigenvalue weighted by Crippen LogP contribution is -2.35. The Morgan fingerprint density at radius 3 is 2.58 bits per heavy atom. The van der Waals surface area contributed by atoms with Crippen LogP contribution in [-0.2, 0) is 14.8 Å². The zero-order valence-corrected chi connectivity index (χ0v) is 12.0. The van der Waals surface area contributed by atoms with Gasteiger partial charge in [-0.15, -0.1) is 0 Å². The fraction of sp³-hybridized carbons (Fsp3) is 0.417. The molecule has 7 heteroatoms. The van der Waals surface area contributed by atoms with Crippen LogP contribution in [0.4, 0.5) is 0 Å². The van der Waals surface area contributed by atoms with Crippen molar-refractivity contribution in [3.63, 3.8) is 0 Å². The van der Waals surface area contributed by atoms with Crippen LogP contribution in [0.5, 0.6) is 0 Å². The van der Waals surface area contributed by atoms with Gasteiger partial charge in [0.25, 0.3) is 0 Å². The van der Waals surface area contributed by atoms with Gasteiger partial charge in [-0.1, -0.05) is 12.1 Å². The highest BCUT2D eigenvalue weighted by Gasteiger charge is 2.16. The van der Waals surface area contributed by atoms with Crippen molar-refractivity contribution in [2.45, 2.75) is 17.9 Å². The molecule has 0 saturated carbocycles. The van der Waals surface area contributed by atoms with Gasteiger partial charge in [0, 0.05) is 13.1 Å². The molecule has 0 fully saturated rings. The van der Waals surface area contributed by atoms with E-state index in [-0.39, 0.29) is 23.4 Å². The van der Waals surface area contributed by atoms with Gasteiger partial charge in [-0.05, 0) is 31.7 Å². The molecule has 6 nitrogen and oxygen atoms in total. The molecule has 0 aromatic heterocycles. The van der Waals surface area contributed by atoms with Crippen LogP contribution < -0.4 is 15.4 Å². The van der Waals surface area contributed by atoms with E-state index in [4.69, 9.17) is 0 Å². The van der Waals surface area contributed by atoms with E-state index in [1.54, 1.807) is 19.2 Å².